The molecule has 0 saturated carbocycles. The van der Waals surface area contributed by atoms with E-state index in [0.29, 0.717) is 12.0 Å². The number of aliphatic hydroxyl groups is 1. The Kier molecular flexibility index (Phi) is 4.33. The number of benzene rings is 1. The van der Waals surface area contributed by atoms with E-state index in [0.717, 1.165) is 6.42 Å². The van der Waals surface area contributed by atoms with E-state index >= 15 is 0 Å². The first-order chi connectivity index (χ1) is 8.70. The molecule has 0 fully saturated rings. The third kappa shape index (κ3) is 3.09. The van der Waals surface area contributed by atoms with Crippen molar-refractivity contribution in [2.24, 2.45) is 0 Å². The minimum absolute atomic E-state index is 0.198. The smallest absolute Gasteiger partial charge is 0.165 e. The summed E-state index contributed by atoms with van der Waals surface area (Å²) in [5.41, 5.74) is 1.79. The quantitative estimate of drug-likeness (QED) is 0.896. The van der Waals surface area contributed by atoms with Crippen LogP contribution in [0.15, 0.2) is 35.0 Å². The Labute approximate surface area is 110 Å². The maximum Gasteiger partial charge on any atom is 0.165 e. The zero-order valence-corrected chi connectivity index (χ0v) is 10.9. The van der Waals surface area contributed by atoms with Crippen LogP contribution in [0.4, 0.5) is 4.39 Å². The van der Waals surface area contributed by atoms with E-state index in [2.05, 4.69) is 5.38 Å². The van der Waals surface area contributed by atoms with Gasteiger partial charge >= 0.3 is 0 Å². The second kappa shape index (κ2) is 5.98. The van der Waals surface area contributed by atoms with Gasteiger partial charge in [-0.05, 0) is 52.9 Å². The summed E-state index contributed by atoms with van der Waals surface area (Å²) in [5, 5.41) is 14.1. The molecule has 0 radical (unpaired) electrons. The highest BCUT2D eigenvalue weighted by Crippen LogP contribution is 2.24. The van der Waals surface area contributed by atoms with E-state index in [9.17, 15) is 9.50 Å². The number of hydrogen-bond donors (Lipinski definition) is 1. The Bertz CT molecular complexity index is 497. The normalized spacial score (nSPS) is 12.4. The van der Waals surface area contributed by atoms with E-state index in [-0.39, 0.29) is 5.75 Å². The Morgan fingerprint density at radius 2 is 2.22 bits per heavy atom. The number of thiophene rings is 1. The topological polar surface area (TPSA) is 29.5 Å². The molecule has 4 heteroatoms. The molecule has 0 aliphatic rings. The number of rotatable bonds is 5. The van der Waals surface area contributed by atoms with Gasteiger partial charge in [-0.25, -0.2) is 4.39 Å². The Morgan fingerprint density at radius 1 is 1.39 bits per heavy atom. The predicted molar refractivity (Wildman–Crippen MR) is 70.6 cm³/mol. The summed E-state index contributed by atoms with van der Waals surface area (Å²) in [7, 11) is 1.42. The van der Waals surface area contributed by atoms with Gasteiger partial charge in [0.25, 0.3) is 0 Å². The minimum Gasteiger partial charge on any atom is -0.494 e. The summed E-state index contributed by atoms with van der Waals surface area (Å²) < 4.78 is 18.3. The second-order valence-corrected chi connectivity index (χ2v) is 4.86. The van der Waals surface area contributed by atoms with Crippen molar-refractivity contribution in [3.05, 3.63) is 52.0 Å². The number of halogens is 1. The molecule has 0 aliphatic carbocycles. The predicted octanol–water partition coefficient (Wildman–Crippen LogP) is 3.56. The molecule has 2 aromatic rings. The molecule has 0 aliphatic heterocycles. The standard InChI is InChI=1S/C14H15FO2S/c1-17-14-5-3-11(8-12(14)15)13(16)4-2-10-6-7-18-9-10/h3,5-9,13,16H,2,4H2,1H3. The molecule has 0 saturated heterocycles. The van der Waals surface area contributed by atoms with Gasteiger partial charge in [0, 0.05) is 0 Å². The summed E-state index contributed by atoms with van der Waals surface area (Å²) in [4.78, 5) is 0. The molecule has 1 heterocycles. The van der Waals surface area contributed by atoms with Crippen molar-refractivity contribution in [1.82, 2.24) is 0 Å². The molecule has 0 amide bonds. The number of aliphatic hydroxyl groups excluding tert-OH is 1. The monoisotopic (exact) mass is 266 g/mol. The fraction of sp³-hybridized carbons (Fsp3) is 0.286. The van der Waals surface area contributed by atoms with Crippen molar-refractivity contribution in [1.29, 1.82) is 0 Å². The van der Waals surface area contributed by atoms with Crippen molar-refractivity contribution < 1.29 is 14.2 Å². The Balaban J connectivity index is 2.00. The molecule has 1 atom stereocenters. The van der Waals surface area contributed by atoms with Crippen LogP contribution in [-0.2, 0) is 6.42 Å². The Morgan fingerprint density at radius 3 is 2.83 bits per heavy atom. The van der Waals surface area contributed by atoms with E-state index in [1.54, 1.807) is 23.5 Å². The first-order valence-corrected chi connectivity index (χ1v) is 6.67. The molecule has 1 unspecified atom stereocenters. The van der Waals surface area contributed by atoms with Crippen LogP contribution < -0.4 is 4.74 Å². The molecule has 1 N–H and O–H groups in total. The van der Waals surface area contributed by atoms with E-state index in [1.165, 1.54) is 18.7 Å². The van der Waals surface area contributed by atoms with Crippen molar-refractivity contribution in [3.63, 3.8) is 0 Å². The molecule has 0 bridgehead atoms. The molecule has 18 heavy (non-hydrogen) atoms. The number of hydrogen-bond acceptors (Lipinski definition) is 3. The van der Waals surface area contributed by atoms with Crippen LogP contribution in [0.1, 0.15) is 23.7 Å². The summed E-state index contributed by atoms with van der Waals surface area (Å²) >= 11 is 1.64. The van der Waals surface area contributed by atoms with Gasteiger partial charge in [-0.2, -0.15) is 11.3 Å². The van der Waals surface area contributed by atoms with Crippen molar-refractivity contribution in [2.45, 2.75) is 18.9 Å². The lowest BCUT2D eigenvalue weighted by atomic mass is 10.0. The van der Waals surface area contributed by atoms with Crippen molar-refractivity contribution in [3.8, 4) is 5.75 Å². The highest BCUT2D eigenvalue weighted by molar-refractivity contribution is 7.07. The van der Waals surface area contributed by atoms with Gasteiger partial charge in [0.15, 0.2) is 11.6 Å². The fourth-order valence-electron chi connectivity index (χ4n) is 1.79. The van der Waals surface area contributed by atoms with E-state index in [1.807, 2.05) is 11.4 Å². The van der Waals surface area contributed by atoms with Crippen LogP contribution in [-0.4, -0.2) is 12.2 Å². The molecular weight excluding hydrogens is 251 g/mol. The van der Waals surface area contributed by atoms with Gasteiger partial charge in [0.2, 0.25) is 0 Å². The van der Waals surface area contributed by atoms with Crippen LogP contribution in [0.5, 0.6) is 5.75 Å². The lowest BCUT2D eigenvalue weighted by Crippen LogP contribution is -2.00. The summed E-state index contributed by atoms with van der Waals surface area (Å²) in [5.74, 6) is -0.242. The highest BCUT2D eigenvalue weighted by atomic mass is 32.1. The van der Waals surface area contributed by atoms with Gasteiger partial charge < -0.3 is 9.84 Å². The van der Waals surface area contributed by atoms with Gasteiger partial charge in [-0.3, -0.25) is 0 Å². The lowest BCUT2D eigenvalue weighted by molar-refractivity contribution is 0.167. The van der Waals surface area contributed by atoms with Crippen molar-refractivity contribution >= 4 is 11.3 Å². The lowest BCUT2D eigenvalue weighted by Gasteiger charge is -2.11. The molecule has 1 aromatic heterocycles. The SMILES string of the molecule is COc1ccc(C(O)CCc2ccsc2)cc1F. The van der Waals surface area contributed by atoms with Crippen LogP contribution in [0.25, 0.3) is 0 Å². The number of aryl methyl sites for hydroxylation is 1. The van der Waals surface area contributed by atoms with Crippen molar-refractivity contribution in [2.75, 3.05) is 7.11 Å². The van der Waals surface area contributed by atoms with Crippen LogP contribution in [0.3, 0.4) is 0 Å². The summed E-state index contributed by atoms with van der Waals surface area (Å²) in [6, 6.07) is 6.60. The van der Waals surface area contributed by atoms with Crippen LogP contribution in [0, 0.1) is 5.82 Å². The average Bonchev–Trinajstić information content (AvgIpc) is 2.89. The molecule has 96 valence electrons. The maximum absolute atomic E-state index is 13.5. The zero-order chi connectivity index (χ0) is 13.0. The van der Waals surface area contributed by atoms with Crippen LogP contribution in [0.2, 0.25) is 0 Å². The first-order valence-electron chi connectivity index (χ1n) is 5.73. The maximum atomic E-state index is 13.5. The Hall–Kier alpha value is -1.39. The molecule has 1 aromatic carbocycles. The van der Waals surface area contributed by atoms with Gasteiger partial charge in [-0.1, -0.05) is 6.07 Å². The van der Waals surface area contributed by atoms with Gasteiger partial charge in [0.05, 0.1) is 13.2 Å². The average molecular weight is 266 g/mol. The van der Waals surface area contributed by atoms with E-state index < -0.39 is 11.9 Å². The third-order valence-electron chi connectivity index (χ3n) is 2.85. The summed E-state index contributed by atoms with van der Waals surface area (Å²) in [6.45, 7) is 0. The molecule has 2 nitrogen and oxygen atoms in total. The highest BCUT2D eigenvalue weighted by Gasteiger charge is 2.11. The fourth-order valence-corrected chi connectivity index (χ4v) is 2.50. The number of ether oxygens (including phenoxy) is 1. The minimum atomic E-state index is -0.648. The van der Waals surface area contributed by atoms with E-state index in [4.69, 9.17) is 4.74 Å². The molecule has 2 rings (SSSR count). The zero-order valence-electron chi connectivity index (χ0n) is 10.1. The largest absolute Gasteiger partial charge is 0.494 e. The molecular formula is C14H15FO2S. The van der Waals surface area contributed by atoms with Gasteiger partial charge in [0.1, 0.15) is 0 Å². The third-order valence-corrected chi connectivity index (χ3v) is 3.58. The van der Waals surface area contributed by atoms with Crippen LogP contribution >= 0.6 is 11.3 Å². The van der Waals surface area contributed by atoms with Gasteiger partial charge in [-0.15, -0.1) is 0 Å². The first kappa shape index (κ1) is 13.1. The molecule has 0 spiro atoms. The summed E-state index contributed by atoms with van der Waals surface area (Å²) in [6.07, 6.45) is 0.728. The number of methoxy groups -OCH3 is 1. The second-order valence-electron chi connectivity index (χ2n) is 4.08.